The van der Waals surface area contributed by atoms with E-state index >= 15 is 0 Å². The first-order valence-corrected chi connectivity index (χ1v) is 6.49. The van der Waals surface area contributed by atoms with Gasteiger partial charge in [0.15, 0.2) is 0 Å². The van der Waals surface area contributed by atoms with E-state index in [1.54, 1.807) is 0 Å². The normalized spacial score (nSPS) is 23.3. The average molecular weight is 268 g/mol. The molecule has 1 heterocycles. The zero-order chi connectivity index (χ0) is 14.0. The minimum Gasteiger partial charge on any atom is -0.393 e. The minimum absolute atomic E-state index is 0.143. The number of aromatic amines is 1. The van der Waals surface area contributed by atoms with Gasteiger partial charge in [0.05, 0.1) is 6.10 Å². The van der Waals surface area contributed by atoms with E-state index in [2.05, 4.69) is 10.3 Å². The molecule has 0 aliphatic heterocycles. The summed E-state index contributed by atoms with van der Waals surface area (Å²) in [5.74, 6) is 0.559. The van der Waals surface area contributed by atoms with Crippen molar-refractivity contribution in [3.63, 3.8) is 0 Å². The second-order valence-electron chi connectivity index (χ2n) is 5.13. The molecule has 0 spiro atoms. The predicted molar refractivity (Wildman–Crippen MR) is 73.2 cm³/mol. The molecule has 7 nitrogen and oxygen atoms in total. The molecule has 106 valence electrons. The maximum Gasteiger partial charge on any atom is 0.329 e. The van der Waals surface area contributed by atoms with Gasteiger partial charge < -0.3 is 16.2 Å². The van der Waals surface area contributed by atoms with Gasteiger partial charge in [0.2, 0.25) is 0 Å². The zero-order valence-corrected chi connectivity index (χ0v) is 11.0. The maximum absolute atomic E-state index is 11.7. The number of H-pyrrole nitrogens is 1. The van der Waals surface area contributed by atoms with Crippen molar-refractivity contribution < 1.29 is 5.11 Å². The molecule has 2 rings (SSSR count). The summed E-state index contributed by atoms with van der Waals surface area (Å²) in [6.07, 6.45) is 3.26. The molecule has 0 saturated heterocycles. The van der Waals surface area contributed by atoms with Gasteiger partial charge in [0, 0.05) is 13.6 Å². The van der Waals surface area contributed by atoms with Crippen molar-refractivity contribution in [1.82, 2.24) is 9.55 Å². The average Bonchev–Trinajstić information content (AvgIpc) is 2.38. The maximum atomic E-state index is 11.7. The zero-order valence-electron chi connectivity index (χ0n) is 11.0. The van der Waals surface area contributed by atoms with E-state index in [0.29, 0.717) is 12.5 Å². The number of hydrogen-bond donors (Lipinski definition) is 4. The summed E-state index contributed by atoms with van der Waals surface area (Å²) in [5, 5.41) is 12.5. The van der Waals surface area contributed by atoms with Crippen LogP contribution in [0, 0.1) is 5.92 Å². The number of hydrogen-bond acceptors (Lipinski definition) is 5. The Morgan fingerprint density at radius 3 is 2.63 bits per heavy atom. The number of nitrogens with two attached hydrogens (primary N) is 1. The first-order valence-electron chi connectivity index (χ1n) is 6.49. The number of nitrogens with one attached hydrogen (secondary N) is 2. The van der Waals surface area contributed by atoms with Crippen LogP contribution in [-0.2, 0) is 7.05 Å². The van der Waals surface area contributed by atoms with Crippen LogP contribution in [0.15, 0.2) is 9.59 Å². The van der Waals surface area contributed by atoms with Crippen LogP contribution < -0.4 is 22.3 Å². The fourth-order valence-corrected chi connectivity index (χ4v) is 2.40. The predicted octanol–water partition coefficient (Wildman–Crippen LogP) is -0.381. The summed E-state index contributed by atoms with van der Waals surface area (Å²) < 4.78 is 1.20. The molecule has 1 aromatic heterocycles. The summed E-state index contributed by atoms with van der Waals surface area (Å²) in [5.41, 5.74) is 5.00. The molecule has 7 heteroatoms. The third-order valence-electron chi connectivity index (χ3n) is 3.75. The smallest absolute Gasteiger partial charge is 0.329 e. The van der Waals surface area contributed by atoms with Crippen LogP contribution in [0.3, 0.4) is 0 Å². The molecular formula is C12H20N4O3. The van der Waals surface area contributed by atoms with Crippen molar-refractivity contribution in [2.45, 2.75) is 31.8 Å². The van der Waals surface area contributed by atoms with Crippen molar-refractivity contribution in [1.29, 1.82) is 0 Å². The number of aliphatic hydroxyl groups excluding tert-OH is 1. The first-order chi connectivity index (χ1) is 8.99. The topological polar surface area (TPSA) is 113 Å². The highest BCUT2D eigenvalue weighted by molar-refractivity contribution is 5.60. The summed E-state index contributed by atoms with van der Waals surface area (Å²) in [6, 6.07) is 0. The summed E-state index contributed by atoms with van der Waals surface area (Å²) in [4.78, 5) is 25.2. The molecule has 5 N–H and O–H groups in total. The third-order valence-corrected chi connectivity index (χ3v) is 3.75. The van der Waals surface area contributed by atoms with E-state index in [4.69, 9.17) is 5.73 Å². The highest BCUT2D eigenvalue weighted by atomic mass is 16.3. The second kappa shape index (κ2) is 5.48. The van der Waals surface area contributed by atoms with E-state index in [1.807, 2.05) is 0 Å². The molecule has 19 heavy (non-hydrogen) atoms. The van der Waals surface area contributed by atoms with E-state index in [0.717, 1.165) is 25.7 Å². The Morgan fingerprint density at radius 1 is 1.37 bits per heavy atom. The number of nitrogen functional groups attached to an aromatic ring is 1. The van der Waals surface area contributed by atoms with E-state index in [-0.39, 0.29) is 17.6 Å². The lowest BCUT2D eigenvalue weighted by Crippen LogP contribution is -2.33. The fraction of sp³-hybridized carbons (Fsp3) is 0.667. The lowest BCUT2D eigenvalue weighted by atomic mass is 9.87. The molecule has 1 aliphatic carbocycles. The summed E-state index contributed by atoms with van der Waals surface area (Å²) in [6.45, 7) is 0.623. The van der Waals surface area contributed by atoms with Crippen LogP contribution in [0.25, 0.3) is 0 Å². The lowest BCUT2D eigenvalue weighted by Gasteiger charge is -2.25. The number of aliphatic hydroxyl groups is 1. The Kier molecular flexibility index (Phi) is 3.94. The van der Waals surface area contributed by atoms with Gasteiger partial charge in [-0.25, -0.2) is 4.79 Å². The number of rotatable bonds is 3. The Morgan fingerprint density at radius 2 is 2.00 bits per heavy atom. The second-order valence-corrected chi connectivity index (χ2v) is 5.13. The van der Waals surface area contributed by atoms with Gasteiger partial charge in [-0.2, -0.15) is 0 Å². The lowest BCUT2D eigenvalue weighted by molar-refractivity contribution is 0.111. The van der Waals surface area contributed by atoms with Crippen molar-refractivity contribution in [2.24, 2.45) is 13.0 Å². The van der Waals surface area contributed by atoms with Gasteiger partial charge in [0.1, 0.15) is 11.5 Å². The van der Waals surface area contributed by atoms with Crippen molar-refractivity contribution >= 4 is 11.5 Å². The van der Waals surface area contributed by atoms with Crippen LogP contribution in [0.2, 0.25) is 0 Å². The van der Waals surface area contributed by atoms with Crippen molar-refractivity contribution in [3.8, 4) is 0 Å². The van der Waals surface area contributed by atoms with E-state index < -0.39 is 11.2 Å². The Bertz CT molecular complexity index is 555. The van der Waals surface area contributed by atoms with Crippen LogP contribution >= 0.6 is 0 Å². The fourth-order valence-electron chi connectivity index (χ4n) is 2.40. The van der Waals surface area contributed by atoms with Gasteiger partial charge >= 0.3 is 5.69 Å². The molecule has 0 radical (unpaired) electrons. The molecule has 0 atom stereocenters. The molecule has 1 aliphatic rings. The summed E-state index contributed by atoms with van der Waals surface area (Å²) >= 11 is 0. The number of nitrogens with zero attached hydrogens (tertiary/aromatic N) is 1. The first kappa shape index (κ1) is 13.7. The quantitative estimate of drug-likeness (QED) is 0.597. The molecular weight excluding hydrogens is 248 g/mol. The van der Waals surface area contributed by atoms with Crippen LogP contribution in [0.4, 0.5) is 11.5 Å². The van der Waals surface area contributed by atoms with Crippen LogP contribution in [-0.4, -0.2) is 27.3 Å². The standard InChI is InChI=1S/C12H20N4O3/c1-16-10(13)9(11(18)15-12(16)19)14-6-7-2-4-8(17)5-3-7/h7-8,14,17H,2-6,13H2,1H3,(H,15,18,19). The largest absolute Gasteiger partial charge is 0.393 e. The SMILES string of the molecule is Cn1c(N)c(NCC2CCC(O)CC2)c(=O)[nH]c1=O. The molecule has 1 aromatic rings. The number of anilines is 2. The molecule has 1 fully saturated rings. The Labute approximate surface area is 110 Å². The third kappa shape index (κ3) is 2.98. The highest BCUT2D eigenvalue weighted by Gasteiger charge is 2.20. The van der Waals surface area contributed by atoms with Gasteiger partial charge in [-0.15, -0.1) is 0 Å². The Balaban J connectivity index is 2.06. The van der Waals surface area contributed by atoms with Gasteiger partial charge in [-0.3, -0.25) is 14.3 Å². The van der Waals surface area contributed by atoms with Crippen LogP contribution in [0.1, 0.15) is 25.7 Å². The molecule has 0 aromatic carbocycles. The van der Waals surface area contributed by atoms with Crippen molar-refractivity contribution in [3.05, 3.63) is 20.8 Å². The molecule has 1 saturated carbocycles. The van der Waals surface area contributed by atoms with Crippen molar-refractivity contribution in [2.75, 3.05) is 17.6 Å². The van der Waals surface area contributed by atoms with E-state index in [1.165, 1.54) is 11.6 Å². The highest BCUT2D eigenvalue weighted by Crippen LogP contribution is 2.24. The van der Waals surface area contributed by atoms with Crippen LogP contribution in [0.5, 0.6) is 0 Å². The van der Waals surface area contributed by atoms with Gasteiger partial charge in [0.25, 0.3) is 5.56 Å². The van der Waals surface area contributed by atoms with E-state index in [9.17, 15) is 14.7 Å². The molecule has 0 bridgehead atoms. The van der Waals surface area contributed by atoms with Gasteiger partial charge in [-0.05, 0) is 31.6 Å². The summed E-state index contributed by atoms with van der Waals surface area (Å²) in [7, 11) is 1.51. The van der Waals surface area contributed by atoms with Gasteiger partial charge in [-0.1, -0.05) is 0 Å². The Hall–Kier alpha value is -1.76. The minimum atomic E-state index is -0.520. The molecule has 0 unspecified atom stereocenters. The molecule has 0 amide bonds. The monoisotopic (exact) mass is 268 g/mol. The number of aromatic nitrogens is 2.